The molecule has 1 aliphatic rings. The Labute approximate surface area is 76.7 Å². The smallest absolute Gasteiger partial charge is 0.324 e. The van der Waals surface area contributed by atoms with E-state index in [1.54, 1.807) is 0 Å². The highest BCUT2D eigenvalue weighted by Gasteiger charge is 2.38. The normalized spacial score (nSPS) is 22.8. The second-order valence-electron chi connectivity index (χ2n) is 3.38. The molecule has 1 saturated heterocycles. The van der Waals surface area contributed by atoms with Crippen LogP contribution in [-0.4, -0.2) is 41.1 Å². The van der Waals surface area contributed by atoms with E-state index < -0.39 is 12.1 Å². The Morgan fingerprint density at radius 1 is 1.54 bits per heavy atom. The Bertz CT molecular complexity index is 227. The van der Waals surface area contributed by atoms with Crippen molar-refractivity contribution < 1.29 is 14.7 Å². The van der Waals surface area contributed by atoms with Crippen LogP contribution < -0.4 is 5.32 Å². The van der Waals surface area contributed by atoms with Crippen molar-refractivity contribution >= 4 is 11.9 Å². The highest BCUT2D eigenvalue weighted by Crippen LogP contribution is 2.12. The summed E-state index contributed by atoms with van der Waals surface area (Å²) in [5, 5.41) is 11.2. The average molecular weight is 186 g/mol. The van der Waals surface area contributed by atoms with Gasteiger partial charge in [0.15, 0.2) is 0 Å². The van der Waals surface area contributed by atoms with Gasteiger partial charge in [-0.25, -0.2) is 4.79 Å². The average Bonchev–Trinajstić information content (AvgIpc) is 2.32. The molecule has 1 unspecified atom stereocenters. The van der Waals surface area contributed by atoms with Crippen molar-refractivity contribution in [2.45, 2.75) is 19.9 Å². The lowest BCUT2D eigenvalue weighted by atomic mass is 10.1. The summed E-state index contributed by atoms with van der Waals surface area (Å²) in [5.41, 5.74) is 0. The van der Waals surface area contributed by atoms with Gasteiger partial charge < -0.3 is 10.4 Å². The van der Waals surface area contributed by atoms with Crippen molar-refractivity contribution in [1.29, 1.82) is 0 Å². The first kappa shape index (κ1) is 9.98. The van der Waals surface area contributed by atoms with Gasteiger partial charge in [0.25, 0.3) is 5.91 Å². The molecule has 0 radical (unpaired) electrons. The van der Waals surface area contributed by atoms with Crippen molar-refractivity contribution in [2.24, 2.45) is 5.92 Å². The van der Waals surface area contributed by atoms with Gasteiger partial charge in [-0.15, -0.1) is 0 Å². The predicted octanol–water partition coefficient (Wildman–Crippen LogP) is -0.445. The maximum Gasteiger partial charge on any atom is 0.324 e. The van der Waals surface area contributed by atoms with E-state index in [0.717, 1.165) is 4.90 Å². The monoisotopic (exact) mass is 186 g/mol. The first-order valence-electron chi connectivity index (χ1n) is 4.30. The summed E-state index contributed by atoms with van der Waals surface area (Å²) >= 11 is 0. The van der Waals surface area contributed by atoms with Crippen LogP contribution in [0.1, 0.15) is 13.8 Å². The molecule has 0 aromatic rings. The lowest BCUT2D eigenvalue weighted by Gasteiger charge is -2.12. The largest absolute Gasteiger partial charge is 0.395 e. The molecular weight excluding hydrogens is 172 g/mol. The SMILES string of the molecule is CC(C)C1NC(=O)N(CCO)C1=O. The lowest BCUT2D eigenvalue weighted by Crippen LogP contribution is -2.35. The van der Waals surface area contributed by atoms with Gasteiger partial charge >= 0.3 is 6.03 Å². The lowest BCUT2D eigenvalue weighted by molar-refractivity contribution is -0.128. The van der Waals surface area contributed by atoms with Gasteiger partial charge in [-0.1, -0.05) is 13.8 Å². The zero-order valence-electron chi connectivity index (χ0n) is 7.78. The number of hydrogen-bond acceptors (Lipinski definition) is 3. The van der Waals surface area contributed by atoms with Gasteiger partial charge in [0.1, 0.15) is 6.04 Å². The fraction of sp³-hybridized carbons (Fsp3) is 0.750. The van der Waals surface area contributed by atoms with Crippen LogP contribution in [0.25, 0.3) is 0 Å². The summed E-state index contributed by atoms with van der Waals surface area (Å²) in [6.07, 6.45) is 0. The third-order valence-electron chi connectivity index (χ3n) is 2.05. The molecule has 1 heterocycles. The van der Waals surface area contributed by atoms with Crippen molar-refractivity contribution in [3.8, 4) is 0 Å². The highest BCUT2D eigenvalue weighted by molar-refractivity contribution is 6.04. The summed E-state index contributed by atoms with van der Waals surface area (Å²) in [6, 6.07) is -0.836. The van der Waals surface area contributed by atoms with Crippen LogP contribution in [0.15, 0.2) is 0 Å². The number of imide groups is 1. The Morgan fingerprint density at radius 2 is 2.15 bits per heavy atom. The van der Waals surface area contributed by atoms with Crippen LogP contribution in [0.4, 0.5) is 4.79 Å². The van der Waals surface area contributed by atoms with E-state index in [-0.39, 0.29) is 25.0 Å². The number of nitrogens with zero attached hydrogens (tertiary/aromatic N) is 1. The molecule has 0 bridgehead atoms. The highest BCUT2D eigenvalue weighted by atomic mass is 16.3. The van der Waals surface area contributed by atoms with Crippen molar-refractivity contribution in [3.63, 3.8) is 0 Å². The van der Waals surface area contributed by atoms with E-state index in [4.69, 9.17) is 5.11 Å². The van der Waals surface area contributed by atoms with E-state index >= 15 is 0 Å². The Balaban J connectivity index is 2.69. The molecular formula is C8H14N2O3. The van der Waals surface area contributed by atoms with E-state index in [1.165, 1.54) is 0 Å². The number of amides is 3. The second-order valence-corrected chi connectivity index (χ2v) is 3.38. The molecule has 74 valence electrons. The van der Waals surface area contributed by atoms with Crippen molar-refractivity contribution in [2.75, 3.05) is 13.2 Å². The molecule has 1 atom stereocenters. The summed E-state index contributed by atoms with van der Waals surface area (Å²) in [7, 11) is 0. The van der Waals surface area contributed by atoms with E-state index in [0.29, 0.717) is 0 Å². The third kappa shape index (κ3) is 1.80. The molecule has 0 aromatic heterocycles. The van der Waals surface area contributed by atoms with Crippen LogP contribution in [0.5, 0.6) is 0 Å². The number of hydrogen-bond donors (Lipinski definition) is 2. The zero-order valence-corrected chi connectivity index (χ0v) is 7.78. The molecule has 13 heavy (non-hydrogen) atoms. The van der Waals surface area contributed by atoms with Crippen molar-refractivity contribution in [3.05, 3.63) is 0 Å². The van der Waals surface area contributed by atoms with Gasteiger partial charge in [-0.05, 0) is 5.92 Å². The third-order valence-corrected chi connectivity index (χ3v) is 2.05. The molecule has 5 heteroatoms. The topological polar surface area (TPSA) is 69.6 Å². The molecule has 0 aliphatic carbocycles. The van der Waals surface area contributed by atoms with Gasteiger partial charge in [0.05, 0.1) is 13.2 Å². The molecule has 1 fully saturated rings. The van der Waals surface area contributed by atoms with Gasteiger partial charge in [0.2, 0.25) is 0 Å². The predicted molar refractivity (Wildman–Crippen MR) is 46.0 cm³/mol. The number of nitrogens with one attached hydrogen (secondary N) is 1. The number of aliphatic hydroxyl groups is 1. The summed E-state index contributed by atoms with van der Waals surface area (Å²) in [5.74, 6) is -0.158. The van der Waals surface area contributed by atoms with Crippen molar-refractivity contribution in [1.82, 2.24) is 10.2 Å². The number of urea groups is 1. The molecule has 0 aromatic carbocycles. The van der Waals surface area contributed by atoms with Crippen LogP contribution in [-0.2, 0) is 4.79 Å². The fourth-order valence-corrected chi connectivity index (χ4v) is 1.30. The minimum Gasteiger partial charge on any atom is -0.395 e. The Morgan fingerprint density at radius 3 is 2.54 bits per heavy atom. The van der Waals surface area contributed by atoms with Crippen LogP contribution in [0.3, 0.4) is 0 Å². The van der Waals surface area contributed by atoms with Crippen LogP contribution in [0.2, 0.25) is 0 Å². The minimum absolute atomic E-state index is 0.0773. The molecule has 1 rings (SSSR count). The van der Waals surface area contributed by atoms with Crippen LogP contribution in [0, 0.1) is 5.92 Å². The number of β-amino-alcohol motifs (C(OH)–C–C–N with tert-alkyl or cyclic N) is 1. The van der Waals surface area contributed by atoms with E-state index in [9.17, 15) is 9.59 Å². The molecule has 3 amide bonds. The second kappa shape index (κ2) is 3.74. The summed E-state index contributed by atoms with van der Waals surface area (Å²) in [4.78, 5) is 23.7. The van der Waals surface area contributed by atoms with E-state index in [1.807, 2.05) is 13.8 Å². The molecule has 0 spiro atoms. The number of rotatable bonds is 3. The number of carbonyl (C=O) groups excluding carboxylic acids is 2. The fourth-order valence-electron chi connectivity index (χ4n) is 1.30. The Kier molecular flexibility index (Phi) is 2.87. The first-order valence-corrected chi connectivity index (χ1v) is 4.30. The van der Waals surface area contributed by atoms with Gasteiger partial charge in [0, 0.05) is 0 Å². The van der Waals surface area contributed by atoms with Crippen LogP contribution >= 0.6 is 0 Å². The minimum atomic E-state index is -0.431. The molecule has 2 N–H and O–H groups in total. The quantitative estimate of drug-likeness (QED) is 0.587. The number of carbonyl (C=O) groups is 2. The first-order chi connectivity index (χ1) is 6.07. The summed E-state index contributed by atoms with van der Waals surface area (Å²) < 4.78 is 0. The maximum atomic E-state index is 11.5. The van der Waals surface area contributed by atoms with E-state index in [2.05, 4.69) is 5.32 Å². The standard InChI is InChI=1S/C8H14N2O3/c1-5(2)6-7(12)10(3-4-11)8(13)9-6/h5-6,11H,3-4H2,1-2H3,(H,9,13). The van der Waals surface area contributed by atoms with Gasteiger partial charge in [-0.3, -0.25) is 9.69 Å². The van der Waals surface area contributed by atoms with Gasteiger partial charge in [-0.2, -0.15) is 0 Å². The number of aliphatic hydroxyl groups excluding tert-OH is 1. The zero-order chi connectivity index (χ0) is 10.0. The maximum absolute atomic E-state index is 11.5. The molecule has 1 aliphatic heterocycles. The summed E-state index contributed by atoms with van der Waals surface area (Å²) in [6.45, 7) is 3.62. The molecule has 5 nitrogen and oxygen atoms in total. The molecule has 0 saturated carbocycles. The Hall–Kier alpha value is -1.10.